The summed E-state index contributed by atoms with van der Waals surface area (Å²) in [5.74, 6) is 1.46. The molecule has 4 rings (SSSR count). The van der Waals surface area contributed by atoms with Gasteiger partial charge in [0.1, 0.15) is 0 Å². The molecule has 0 aliphatic carbocycles. The van der Waals surface area contributed by atoms with Crippen molar-refractivity contribution in [2.45, 2.75) is 0 Å². The van der Waals surface area contributed by atoms with Gasteiger partial charge in [-0.05, 0) is 48.1 Å². The molecule has 0 unspecified atom stereocenters. The first-order chi connectivity index (χ1) is 12.3. The lowest BCUT2D eigenvalue weighted by Crippen LogP contribution is -2.24. The van der Waals surface area contributed by atoms with Gasteiger partial charge in [-0.2, -0.15) is 5.10 Å². The molecule has 25 heavy (non-hydrogen) atoms. The number of para-hydroxylation sites is 1. The first-order valence-electron chi connectivity index (χ1n) is 7.63. The highest BCUT2D eigenvalue weighted by Crippen LogP contribution is 2.31. The summed E-state index contributed by atoms with van der Waals surface area (Å²) in [5.41, 5.74) is 5.37. The van der Waals surface area contributed by atoms with Crippen molar-refractivity contribution in [3.63, 3.8) is 0 Å². The molecule has 0 fully saturated rings. The number of benzene rings is 2. The Hall–Kier alpha value is -3.19. The summed E-state index contributed by atoms with van der Waals surface area (Å²) in [7, 11) is 0. The number of fused-ring (bicyclic) bond motifs is 2. The van der Waals surface area contributed by atoms with E-state index in [4.69, 9.17) is 21.7 Å². The van der Waals surface area contributed by atoms with Crippen molar-refractivity contribution in [3.05, 3.63) is 60.3 Å². The van der Waals surface area contributed by atoms with E-state index in [9.17, 15) is 0 Å². The van der Waals surface area contributed by atoms with Crippen LogP contribution in [0.15, 0.2) is 59.8 Å². The zero-order valence-corrected chi connectivity index (χ0v) is 13.9. The molecule has 0 amide bonds. The summed E-state index contributed by atoms with van der Waals surface area (Å²) >= 11 is 5.29. The van der Waals surface area contributed by atoms with E-state index >= 15 is 0 Å². The third kappa shape index (κ3) is 3.36. The van der Waals surface area contributed by atoms with Gasteiger partial charge in [0.15, 0.2) is 16.6 Å². The van der Waals surface area contributed by atoms with Crippen LogP contribution in [0.1, 0.15) is 5.56 Å². The van der Waals surface area contributed by atoms with E-state index in [1.165, 1.54) is 0 Å². The summed E-state index contributed by atoms with van der Waals surface area (Å²) < 4.78 is 10.6. The summed E-state index contributed by atoms with van der Waals surface area (Å²) in [4.78, 5) is 4.38. The molecule has 2 heterocycles. The summed E-state index contributed by atoms with van der Waals surface area (Å²) in [6.07, 6.45) is 3.42. The predicted molar refractivity (Wildman–Crippen MR) is 101 cm³/mol. The van der Waals surface area contributed by atoms with Crippen LogP contribution in [0.4, 0.5) is 5.69 Å². The summed E-state index contributed by atoms with van der Waals surface area (Å²) in [6.45, 7) is 0.251. The van der Waals surface area contributed by atoms with Crippen molar-refractivity contribution in [1.29, 1.82) is 0 Å². The second kappa shape index (κ2) is 6.74. The standard InChI is InChI=1S/C18H14N4O2S/c25-18(21-14-5-1-3-13-4-2-8-19-17(13)14)22-20-10-12-6-7-15-16(9-12)24-11-23-15/h1-10H,11H2,(H2,21,22,25)/b20-10-. The molecule has 1 aromatic heterocycles. The lowest BCUT2D eigenvalue weighted by Gasteiger charge is -2.09. The summed E-state index contributed by atoms with van der Waals surface area (Å²) in [5, 5.41) is 8.69. The minimum atomic E-state index is 0.251. The number of rotatable bonds is 3. The quantitative estimate of drug-likeness (QED) is 0.429. The lowest BCUT2D eigenvalue weighted by molar-refractivity contribution is 0.174. The smallest absolute Gasteiger partial charge is 0.231 e. The second-order valence-corrected chi connectivity index (χ2v) is 5.73. The first-order valence-corrected chi connectivity index (χ1v) is 8.04. The molecule has 1 aliphatic heterocycles. The van der Waals surface area contributed by atoms with Crippen LogP contribution in [-0.2, 0) is 0 Å². The van der Waals surface area contributed by atoms with Gasteiger partial charge in [0.25, 0.3) is 0 Å². The number of ether oxygens (including phenoxy) is 2. The Morgan fingerprint density at radius 3 is 2.96 bits per heavy atom. The van der Waals surface area contributed by atoms with E-state index < -0.39 is 0 Å². The van der Waals surface area contributed by atoms with Crippen molar-refractivity contribution in [1.82, 2.24) is 10.4 Å². The van der Waals surface area contributed by atoms with Gasteiger partial charge < -0.3 is 14.8 Å². The van der Waals surface area contributed by atoms with Gasteiger partial charge in [0.2, 0.25) is 6.79 Å². The molecule has 6 nitrogen and oxygen atoms in total. The van der Waals surface area contributed by atoms with Gasteiger partial charge in [-0.3, -0.25) is 10.4 Å². The Kier molecular flexibility index (Phi) is 4.14. The molecule has 7 heteroatoms. The van der Waals surface area contributed by atoms with Crippen LogP contribution in [0.25, 0.3) is 10.9 Å². The van der Waals surface area contributed by atoms with Gasteiger partial charge in [0, 0.05) is 11.6 Å². The average Bonchev–Trinajstić information content (AvgIpc) is 3.10. The maximum Gasteiger partial charge on any atom is 0.231 e. The lowest BCUT2D eigenvalue weighted by atomic mass is 10.2. The monoisotopic (exact) mass is 350 g/mol. The molecule has 0 saturated carbocycles. The highest BCUT2D eigenvalue weighted by molar-refractivity contribution is 7.80. The number of hydrazone groups is 1. The van der Waals surface area contributed by atoms with E-state index in [-0.39, 0.29) is 6.79 Å². The fraction of sp³-hybridized carbons (Fsp3) is 0.0556. The van der Waals surface area contributed by atoms with Crippen LogP contribution >= 0.6 is 12.2 Å². The average molecular weight is 350 g/mol. The molecule has 2 aromatic carbocycles. The highest BCUT2D eigenvalue weighted by Gasteiger charge is 2.12. The number of aromatic nitrogens is 1. The van der Waals surface area contributed by atoms with E-state index in [1.54, 1.807) is 12.4 Å². The molecule has 0 atom stereocenters. The number of pyridine rings is 1. The Labute approximate surface area is 149 Å². The van der Waals surface area contributed by atoms with Crippen LogP contribution in [0.2, 0.25) is 0 Å². The number of nitrogens with one attached hydrogen (secondary N) is 2. The van der Waals surface area contributed by atoms with Crippen molar-refractivity contribution in [2.24, 2.45) is 5.10 Å². The van der Waals surface area contributed by atoms with Crippen molar-refractivity contribution < 1.29 is 9.47 Å². The molecule has 0 radical (unpaired) electrons. The zero-order chi connectivity index (χ0) is 17.1. The van der Waals surface area contributed by atoms with Crippen LogP contribution < -0.4 is 20.2 Å². The molecule has 1 aliphatic rings. The van der Waals surface area contributed by atoms with Gasteiger partial charge in [-0.15, -0.1) is 0 Å². The van der Waals surface area contributed by atoms with Crippen LogP contribution in [-0.4, -0.2) is 23.1 Å². The zero-order valence-electron chi connectivity index (χ0n) is 13.1. The number of nitrogens with zero attached hydrogens (tertiary/aromatic N) is 2. The fourth-order valence-corrected chi connectivity index (χ4v) is 2.68. The van der Waals surface area contributed by atoms with Gasteiger partial charge in [0.05, 0.1) is 17.4 Å². The van der Waals surface area contributed by atoms with Crippen LogP contribution in [0, 0.1) is 0 Å². The topological polar surface area (TPSA) is 67.8 Å². The molecule has 124 valence electrons. The summed E-state index contributed by atoms with van der Waals surface area (Å²) in [6, 6.07) is 15.4. The van der Waals surface area contributed by atoms with Crippen molar-refractivity contribution in [3.8, 4) is 11.5 Å². The maximum atomic E-state index is 5.34. The molecule has 0 bridgehead atoms. The Morgan fingerprint density at radius 1 is 1.12 bits per heavy atom. The van der Waals surface area contributed by atoms with E-state index in [0.29, 0.717) is 10.9 Å². The van der Waals surface area contributed by atoms with Gasteiger partial charge in [-0.25, -0.2) is 0 Å². The Bertz CT molecular complexity index is 969. The molecular weight excluding hydrogens is 336 g/mol. The Balaban J connectivity index is 1.42. The normalized spacial score (nSPS) is 12.5. The van der Waals surface area contributed by atoms with Crippen LogP contribution in [0.3, 0.4) is 0 Å². The van der Waals surface area contributed by atoms with Gasteiger partial charge in [-0.1, -0.05) is 18.2 Å². The van der Waals surface area contributed by atoms with Crippen LogP contribution in [0.5, 0.6) is 11.5 Å². The third-order valence-electron chi connectivity index (χ3n) is 3.66. The predicted octanol–water partition coefficient (Wildman–Crippen LogP) is 3.28. The maximum absolute atomic E-state index is 5.34. The van der Waals surface area contributed by atoms with Crippen molar-refractivity contribution >= 4 is 40.1 Å². The van der Waals surface area contributed by atoms with Crippen molar-refractivity contribution in [2.75, 3.05) is 12.1 Å². The minimum absolute atomic E-state index is 0.251. The fourth-order valence-electron chi connectivity index (χ4n) is 2.51. The first kappa shape index (κ1) is 15.3. The number of hydrogen-bond donors (Lipinski definition) is 2. The third-order valence-corrected chi connectivity index (χ3v) is 3.85. The molecule has 0 spiro atoms. The van der Waals surface area contributed by atoms with E-state index in [0.717, 1.165) is 27.9 Å². The number of thiocarbonyl (C=S) groups is 1. The largest absolute Gasteiger partial charge is 0.454 e. The number of hydrogen-bond acceptors (Lipinski definition) is 5. The van der Waals surface area contributed by atoms with E-state index in [1.807, 2.05) is 48.5 Å². The number of anilines is 1. The van der Waals surface area contributed by atoms with Gasteiger partial charge >= 0.3 is 0 Å². The minimum Gasteiger partial charge on any atom is -0.454 e. The highest BCUT2D eigenvalue weighted by atomic mass is 32.1. The SMILES string of the molecule is S=C(N/N=C\c1ccc2c(c1)OCO2)Nc1cccc2cccnc12. The Morgan fingerprint density at radius 2 is 2.00 bits per heavy atom. The molecular formula is C18H14N4O2S. The van der Waals surface area contributed by atoms with E-state index in [2.05, 4.69) is 20.8 Å². The molecule has 0 saturated heterocycles. The molecule has 2 N–H and O–H groups in total. The molecule has 3 aromatic rings. The second-order valence-electron chi connectivity index (χ2n) is 5.32.